The van der Waals surface area contributed by atoms with Gasteiger partial charge in [0.1, 0.15) is 11.6 Å². The van der Waals surface area contributed by atoms with Gasteiger partial charge in [-0.3, -0.25) is 4.79 Å². The Labute approximate surface area is 196 Å². The van der Waals surface area contributed by atoms with Crippen LogP contribution in [0.5, 0.6) is 0 Å². The fourth-order valence-corrected chi connectivity index (χ4v) is 3.72. The van der Waals surface area contributed by atoms with Crippen molar-refractivity contribution in [1.82, 2.24) is 14.8 Å². The van der Waals surface area contributed by atoms with Crippen LogP contribution in [0.15, 0.2) is 60.8 Å². The minimum absolute atomic E-state index is 0.202. The van der Waals surface area contributed by atoms with E-state index in [0.717, 1.165) is 5.56 Å². The largest absolute Gasteiger partial charge is 0.339 e. The van der Waals surface area contributed by atoms with E-state index in [-0.39, 0.29) is 17.8 Å². The Morgan fingerprint density at radius 2 is 1.73 bits per heavy atom. The minimum atomic E-state index is -0.383. The van der Waals surface area contributed by atoms with Crippen LogP contribution in [0.4, 0.5) is 26.4 Å². The highest BCUT2D eigenvalue weighted by molar-refractivity contribution is 6.31. The number of urea groups is 1. The Kier molecular flexibility index (Phi) is 6.74. The van der Waals surface area contributed by atoms with E-state index in [1.54, 1.807) is 52.4 Å². The van der Waals surface area contributed by atoms with Crippen molar-refractivity contribution < 1.29 is 14.0 Å². The standard InChI is InChI=1S/C24H23ClFN5O2/c1-16-7-8-19(15-21(16)25)29-24(33)31-12-10-30(11-13-31)23(32)20-6-3-9-27-22(20)28-18-5-2-4-17(26)14-18/h2-9,14-15H,10-13H2,1H3,(H,27,28)(H,29,33). The van der Waals surface area contributed by atoms with Crippen molar-refractivity contribution in [2.75, 3.05) is 36.8 Å². The van der Waals surface area contributed by atoms with E-state index in [1.807, 2.05) is 13.0 Å². The summed E-state index contributed by atoms with van der Waals surface area (Å²) < 4.78 is 13.5. The third kappa shape index (κ3) is 5.40. The third-order valence-electron chi connectivity index (χ3n) is 5.40. The van der Waals surface area contributed by atoms with Crippen LogP contribution in [-0.4, -0.2) is 52.9 Å². The van der Waals surface area contributed by atoms with Crippen LogP contribution in [0.3, 0.4) is 0 Å². The zero-order chi connectivity index (χ0) is 23.4. The van der Waals surface area contributed by atoms with E-state index in [1.165, 1.54) is 12.1 Å². The van der Waals surface area contributed by atoms with Gasteiger partial charge in [0.05, 0.1) is 5.56 Å². The SMILES string of the molecule is Cc1ccc(NC(=O)N2CCN(C(=O)c3cccnc3Nc3cccc(F)c3)CC2)cc1Cl. The van der Waals surface area contributed by atoms with Gasteiger partial charge in [0.25, 0.3) is 5.91 Å². The molecule has 7 nitrogen and oxygen atoms in total. The summed E-state index contributed by atoms with van der Waals surface area (Å²) >= 11 is 6.13. The van der Waals surface area contributed by atoms with Gasteiger partial charge in [-0.25, -0.2) is 14.2 Å². The maximum atomic E-state index is 13.5. The number of anilines is 3. The molecule has 1 aromatic heterocycles. The van der Waals surface area contributed by atoms with Gasteiger partial charge >= 0.3 is 6.03 Å². The van der Waals surface area contributed by atoms with Gasteiger partial charge in [-0.05, 0) is 55.0 Å². The van der Waals surface area contributed by atoms with Crippen LogP contribution in [-0.2, 0) is 0 Å². The van der Waals surface area contributed by atoms with Crippen LogP contribution in [0, 0.1) is 12.7 Å². The molecule has 2 aromatic carbocycles. The summed E-state index contributed by atoms with van der Waals surface area (Å²) in [6.45, 7) is 3.45. The molecular weight excluding hydrogens is 445 g/mol. The molecule has 3 amide bonds. The Morgan fingerprint density at radius 3 is 2.45 bits per heavy atom. The maximum Gasteiger partial charge on any atom is 0.321 e. The van der Waals surface area contributed by atoms with E-state index in [0.29, 0.717) is 54.0 Å². The van der Waals surface area contributed by atoms with Gasteiger partial charge in [0, 0.05) is 48.8 Å². The first-order valence-electron chi connectivity index (χ1n) is 10.5. The predicted molar refractivity (Wildman–Crippen MR) is 127 cm³/mol. The predicted octanol–water partition coefficient (Wildman–Crippen LogP) is 4.92. The van der Waals surface area contributed by atoms with E-state index >= 15 is 0 Å². The maximum absolute atomic E-state index is 13.5. The highest BCUT2D eigenvalue weighted by atomic mass is 35.5. The Hall–Kier alpha value is -3.65. The fraction of sp³-hybridized carbons (Fsp3) is 0.208. The number of hydrogen-bond donors (Lipinski definition) is 2. The van der Waals surface area contributed by atoms with Crippen LogP contribution in [0.1, 0.15) is 15.9 Å². The first kappa shape index (κ1) is 22.5. The summed E-state index contributed by atoms with van der Waals surface area (Å²) in [6, 6.07) is 14.4. The lowest BCUT2D eigenvalue weighted by Crippen LogP contribution is -2.51. The summed E-state index contributed by atoms with van der Waals surface area (Å²) in [7, 11) is 0. The topological polar surface area (TPSA) is 77.6 Å². The third-order valence-corrected chi connectivity index (χ3v) is 5.81. The molecule has 2 heterocycles. The van der Waals surface area contributed by atoms with Gasteiger partial charge in [-0.2, -0.15) is 0 Å². The molecule has 9 heteroatoms. The lowest BCUT2D eigenvalue weighted by molar-refractivity contribution is 0.0672. The molecule has 4 rings (SSSR count). The van der Waals surface area contributed by atoms with Crippen molar-refractivity contribution in [2.24, 2.45) is 0 Å². The molecular formula is C24H23ClFN5O2. The lowest BCUT2D eigenvalue weighted by atomic mass is 10.2. The second-order valence-electron chi connectivity index (χ2n) is 7.71. The number of benzene rings is 2. The number of amides is 3. The number of rotatable bonds is 4. The van der Waals surface area contributed by atoms with Crippen molar-refractivity contribution in [3.63, 3.8) is 0 Å². The average molecular weight is 468 g/mol. The first-order chi connectivity index (χ1) is 15.9. The normalized spacial score (nSPS) is 13.5. The number of piperazine rings is 1. The smallest absolute Gasteiger partial charge is 0.321 e. The zero-order valence-electron chi connectivity index (χ0n) is 18.0. The summed E-state index contributed by atoms with van der Waals surface area (Å²) in [4.78, 5) is 33.4. The highest BCUT2D eigenvalue weighted by Gasteiger charge is 2.26. The number of carbonyl (C=O) groups excluding carboxylic acids is 2. The number of halogens is 2. The molecule has 1 saturated heterocycles. The summed E-state index contributed by atoms with van der Waals surface area (Å²) in [5, 5.41) is 6.44. The minimum Gasteiger partial charge on any atom is -0.339 e. The molecule has 1 aliphatic heterocycles. The molecule has 0 aliphatic carbocycles. The van der Waals surface area contributed by atoms with Crippen LogP contribution < -0.4 is 10.6 Å². The highest BCUT2D eigenvalue weighted by Crippen LogP contribution is 2.22. The van der Waals surface area contributed by atoms with E-state index in [9.17, 15) is 14.0 Å². The quantitative estimate of drug-likeness (QED) is 0.571. The number of carbonyl (C=O) groups is 2. The zero-order valence-corrected chi connectivity index (χ0v) is 18.8. The molecule has 3 aromatic rings. The Morgan fingerprint density at radius 1 is 0.970 bits per heavy atom. The first-order valence-corrected chi connectivity index (χ1v) is 10.9. The van der Waals surface area contributed by atoms with E-state index in [4.69, 9.17) is 11.6 Å². The van der Waals surface area contributed by atoms with E-state index < -0.39 is 0 Å². The van der Waals surface area contributed by atoms with Crippen molar-refractivity contribution in [3.8, 4) is 0 Å². The number of pyridine rings is 1. The van der Waals surface area contributed by atoms with Gasteiger partial charge in [0.15, 0.2) is 0 Å². The summed E-state index contributed by atoms with van der Waals surface area (Å²) in [5.74, 6) is -0.233. The second-order valence-corrected chi connectivity index (χ2v) is 8.12. The number of aryl methyl sites for hydroxylation is 1. The van der Waals surface area contributed by atoms with E-state index in [2.05, 4.69) is 15.6 Å². The molecule has 0 saturated carbocycles. The average Bonchev–Trinajstić information content (AvgIpc) is 2.81. The Balaban J connectivity index is 1.38. The van der Waals surface area contributed by atoms with Crippen LogP contribution in [0.25, 0.3) is 0 Å². The van der Waals surface area contributed by atoms with Gasteiger partial charge in [0.2, 0.25) is 0 Å². The molecule has 0 unspecified atom stereocenters. The molecule has 1 fully saturated rings. The number of hydrogen-bond acceptors (Lipinski definition) is 4. The molecule has 1 aliphatic rings. The molecule has 2 N–H and O–H groups in total. The van der Waals surface area contributed by atoms with Crippen molar-refractivity contribution in [2.45, 2.75) is 6.92 Å². The number of aromatic nitrogens is 1. The summed E-state index contributed by atoms with van der Waals surface area (Å²) in [5.41, 5.74) is 2.44. The fourth-order valence-electron chi connectivity index (χ4n) is 3.54. The Bertz CT molecular complexity index is 1180. The van der Waals surface area contributed by atoms with Gasteiger partial charge < -0.3 is 20.4 Å². The second kappa shape index (κ2) is 9.87. The molecule has 0 radical (unpaired) electrons. The van der Waals surface area contributed by atoms with Gasteiger partial charge in [-0.15, -0.1) is 0 Å². The monoisotopic (exact) mass is 467 g/mol. The van der Waals surface area contributed by atoms with Crippen LogP contribution in [0.2, 0.25) is 5.02 Å². The van der Waals surface area contributed by atoms with Crippen molar-refractivity contribution in [1.29, 1.82) is 0 Å². The van der Waals surface area contributed by atoms with Gasteiger partial charge in [-0.1, -0.05) is 23.7 Å². The molecule has 33 heavy (non-hydrogen) atoms. The van der Waals surface area contributed by atoms with Crippen molar-refractivity contribution >= 4 is 40.7 Å². The lowest BCUT2D eigenvalue weighted by Gasteiger charge is -2.35. The molecule has 0 bridgehead atoms. The molecule has 0 atom stereocenters. The molecule has 0 spiro atoms. The number of nitrogens with zero attached hydrogens (tertiary/aromatic N) is 3. The van der Waals surface area contributed by atoms with Crippen LogP contribution >= 0.6 is 11.6 Å². The summed E-state index contributed by atoms with van der Waals surface area (Å²) in [6.07, 6.45) is 1.57. The molecule has 170 valence electrons. The van der Waals surface area contributed by atoms with Crippen molar-refractivity contribution in [3.05, 3.63) is 82.8 Å². The number of nitrogens with one attached hydrogen (secondary N) is 2.